The van der Waals surface area contributed by atoms with Gasteiger partial charge < -0.3 is 10.4 Å². The van der Waals surface area contributed by atoms with Gasteiger partial charge in [0.05, 0.1) is 4.47 Å². The van der Waals surface area contributed by atoms with E-state index in [0.717, 1.165) is 12.5 Å². The summed E-state index contributed by atoms with van der Waals surface area (Å²) in [5, 5.41) is 12.5. The fourth-order valence-electron chi connectivity index (χ4n) is 2.50. The molecule has 98 valence electrons. The van der Waals surface area contributed by atoms with Crippen molar-refractivity contribution in [2.75, 3.05) is 6.54 Å². The van der Waals surface area contributed by atoms with Gasteiger partial charge >= 0.3 is 0 Å². The first kappa shape index (κ1) is 13.4. The Labute approximate surface area is 116 Å². The van der Waals surface area contributed by atoms with E-state index in [9.17, 15) is 9.90 Å². The highest BCUT2D eigenvalue weighted by Crippen LogP contribution is 2.29. The second-order valence-corrected chi connectivity index (χ2v) is 6.01. The Hall–Kier alpha value is -1.03. The van der Waals surface area contributed by atoms with E-state index in [1.165, 1.54) is 25.3 Å². The van der Waals surface area contributed by atoms with Crippen molar-refractivity contribution in [3.63, 3.8) is 0 Å². The Balaban J connectivity index is 1.89. The number of halogens is 1. The molecule has 2 rings (SSSR count). The van der Waals surface area contributed by atoms with Crippen LogP contribution in [-0.2, 0) is 0 Å². The van der Waals surface area contributed by atoms with Crippen LogP contribution in [0.2, 0.25) is 0 Å². The summed E-state index contributed by atoms with van der Waals surface area (Å²) in [6.45, 7) is 2.99. The number of rotatable bonds is 3. The van der Waals surface area contributed by atoms with Gasteiger partial charge in [-0.2, -0.15) is 0 Å². The maximum absolute atomic E-state index is 11.9. The molecule has 0 aromatic heterocycles. The molecule has 1 saturated carbocycles. The van der Waals surface area contributed by atoms with E-state index in [0.29, 0.717) is 16.0 Å². The molecule has 1 aromatic rings. The summed E-state index contributed by atoms with van der Waals surface area (Å²) >= 11 is 3.20. The fourth-order valence-corrected chi connectivity index (χ4v) is 2.75. The van der Waals surface area contributed by atoms with E-state index in [4.69, 9.17) is 0 Å². The Kier molecular flexibility index (Phi) is 4.27. The highest BCUT2D eigenvalue weighted by atomic mass is 79.9. The predicted molar refractivity (Wildman–Crippen MR) is 74.6 cm³/mol. The first-order chi connectivity index (χ1) is 8.56. The van der Waals surface area contributed by atoms with Gasteiger partial charge in [0, 0.05) is 12.1 Å². The largest absolute Gasteiger partial charge is 0.507 e. The number of hydrogen-bond donors (Lipinski definition) is 2. The molecule has 0 spiro atoms. The number of benzene rings is 1. The number of phenols is 1. The minimum Gasteiger partial charge on any atom is -0.507 e. The number of nitrogens with one attached hydrogen (secondary N) is 1. The molecule has 0 aliphatic heterocycles. The zero-order valence-electron chi connectivity index (χ0n) is 10.4. The van der Waals surface area contributed by atoms with Crippen molar-refractivity contribution in [3.05, 3.63) is 28.2 Å². The molecule has 0 bridgehead atoms. The maximum Gasteiger partial charge on any atom is 0.251 e. The standard InChI is InChI=1S/C14H18BrNO2/c1-9-2-3-10(6-9)8-16-14(18)11-4-5-12(15)13(17)7-11/h4-5,7,9-10,17H,2-3,6,8H2,1H3,(H,16,18). The van der Waals surface area contributed by atoms with Crippen molar-refractivity contribution >= 4 is 21.8 Å². The van der Waals surface area contributed by atoms with Crippen LogP contribution in [0.5, 0.6) is 5.75 Å². The predicted octanol–water partition coefficient (Wildman–Crippen LogP) is 3.32. The maximum atomic E-state index is 11.9. The van der Waals surface area contributed by atoms with Crippen molar-refractivity contribution in [3.8, 4) is 5.75 Å². The average Bonchev–Trinajstić information content (AvgIpc) is 2.75. The summed E-state index contributed by atoms with van der Waals surface area (Å²) in [4.78, 5) is 11.9. The molecule has 0 saturated heterocycles. The first-order valence-corrected chi connectivity index (χ1v) is 7.12. The molecule has 3 nitrogen and oxygen atoms in total. The molecule has 1 amide bonds. The summed E-state index contributed by atoms with van der Waals surface area (Å²) in [7, 11) is 0. The first-order valence-electron chi connectivity index (χ1n) is 6.33. The lowest BCUT2D eigenvalue weighted by atomic mass is 10.1. The van der Waals surface area contributed by atoms with Crippen molar-refractivity contribution < 1.29 is 9.90 Å². The summed E-state index contributed by atoms with van der Waals surface area (Å²) < 4.78 is 0.601. The SMILES string of the molecule is CC1CCC(CNC(=O)c2ccc(Br)c(O)c2)C1. The lowest BCUT2D eigenvalue weighted by Crippen LogP contribution is -2.28. The average molecular weight is 312 g/mol. The molecule has 2 N–H and O–H groups in total. The van der Waals surface area contributed by atoms with Gasteiger partial charge in [-0.1, -0.05) is 13.3 Å². The van der Waals surface area contributed by atoms with Crippen molar-refractivity contribution in [2.24, 2.45) is 11.8 Å². The van der Waals surface area contributed by atoms with Crippen LogP contribution in [0.1, 0.15) is 36.5 Å². The molecule has 2 atom stereocenters. The molecule has 1 aliphatic carbocycles. The van der Waals surface area contributed by atoms with Crippen LogP contribution in [-0.4, -0.2) is 17.6 Å². The number of amides is 1. The van der Waals surface area contributed by atoms with Crippen LogP contribution in [0.3, 0.4) is 0 Å². The highest BCUT2D eigenvalue weighted by Gasteiger charge is 2.21. The quantitative estimate of drug-likeness (QED) is 0.899. The fraction of sp³-hybridized carbons (Fsp3) is 0.500. The van der Waals surface area contributed by atoms with Gasteiger partial charge in [-0.25, -0.2) is 0 Å². The Morgan fingerprint density at radius 2 is 2.28 bits per heavy atom. The third-order valence-corrected chi connectivity index (χ3v) is 4.23. The molecular weight excluding hydrogens is 294 g/mol. The third kappa shape index (κ3) is 3.25. The van der Waals surface area contributed by atoms with Gasteiger partial charge in [-0.15, -0.1) is 0 Å². The van der Waals surface area contributed by atoms with Gasteiger partial charge in [-0.05, 0) is 58.8 Å². The molecule has 0 heterocycles. The zero-order valence-corrected chi connectivity index (χ0v) is 12.0. The number of hydrogen-bond acceptors (Lipinski definition) is 2. The minimum absolute atomic E-state index is 0.0946. The number of aromatic hydroxyl groups is 1. The highest BCUT2D eigenvalue weighted by molar-refractivity contribution is 9.10. The van der Waals surface area contributed by atoms with Gasteiger partial charge in [0.25, 0.3) is 5.91 Å². The monoisotopic (exact) mass is 311 g/mol. The smallest absolute Gasteiger partial charge is 0.251 e. The number of carbonyl (C=O) groups excluding carboxylic acids is 1. The second kappa shape index (κ2) is 5.74. The normalized spacial score (nSPS) is 23.0. The van der Waals surface area contributed by atoms with E-state index < -0.39 is 0 Å². The van der Waals surface area contributed by atoms with Crippen molar-refractivity contribution in [2.45, 2.75) is 26.2 Å². The summed E-state index contributed by atoms with van der Waals surface area (Å²) in [5.41, 5.74) is 0.502. The lowest BCUT2D eigenvalue weighted by Gasteiger charge is -2.11. The van der Waals surface area contributed by atoms with Crippen LogP contribution in [0.4, 0.5) is 0 Å². The van der Waals surface area contributed by atoms with Crippen molar-refractivity contribution in [1.82, 2.24) is 5.32 Å². The number of phenolic OH excluding ortho intramolecular Hbond substituents is 1. The molecule has 2 unspecified atom stereocenters. The van der Waals surface area contributed by atoms with Crippen LogP contribution in [0.15, 0.2) is 22.7 Å². The molecular formula is C14H18BrNO2. The molecule has 1 aliphatic rings. The zero-order chi connectivity index (χ0) is 13.1. The third-order valence-electron chi connectivity index (χ3n) is 3.56. The summed E-state index contributed by atoms with van der Waals surface area (Å²) in [6.07, 6.45) is 3.67. The van der Waals surface area contributed by atoms with E-state index >= 15 is 0 Å². The Morgan fingerprint density at radius 1 is 1.50 bits per heavy atom. The minimum atomic E-state index is -0.114. The van der Waals surface area contributed by atoms with E-state index in [2.05, 4.69) is 28.2 Å². The van der Waals surface area contributed by atoms with Gasteiger partial charge in [-0.3, -0.25) is 4.79 Å². The number of carbonyl (C=O) groups is 1. The second-order valence-electron chi connectivity index (χ2n) is 5.16. The van der Waals surface area contributed by atoms with E-state index in [1.54, 1.807) is 12.1 Å². The van der Waals surface area contributed by atoms with Gasteiger partial charge in [0.2, 0.25) is 0 Å². The van der Waals surface area contributed by atoms with Gasteiger partial charge in [0.15, 0.2) is 0 Å². The lowest BCUT2D eigenvalue weighted by molar-refractivity contribution is 0.0946. The van der Waals surface area contributed by atoms with Crippen LogP contribution in [0.25, 0.3) is 0 Å². The van der Waals surface area contributed by atoms with Crippen LogP contribution >= 0.6 is 15.9 Å². The molecule has 0 radical (unpaired) electrons. The van der Waals surface area contributed by atoms with E-state index in [1.807, 2.05) is 0 Å². The topological polar surface area (TPSA) is 49.3 Å². The van der Waals surface area contributed by atoms with E-state index in [-0.39, 0.29) is 11.7 Å². The van der Waals surface area contributed by atoms with Crippen LogP contribution < -0.4 is 5.32 Å². The summed E-state index contributed by atoms with van der Waals surface area (Å²) in [6, 6.07) is 4.87. The summed E-state index contributed by atoms with van der Waals surface area (Å²) in [5.74, 6) is 1.37. The Bertz CT molecular complexity index is 447. The molecule has 18 heavy (non-hydrogen) atoms. The molecule has 1 fully saturated rings. The van der Waals surface area contributed by atoms with Gasteiger partial charge in [0.1, 0.15) is 5.75 Å². The Morgan fingerprint density at radius 3 is 2.89 bits per heavy atom. The molecule has 1 aromatic carbocycles. The van der Waals surface area contributed by atoms with Crippen molar-refractivity contribution in [1.29, 1.82) is 0 Å². The van der Waals surface area contributed by atoms with Crippen LogP contribution in [0, 0.1) is 11.8 Å². The molecule has 4 heteroatoms.